The fraction of sp³-hybridized carbons (Fsp3) is 0.667. The van der Waals surface area contributed by atoms with E-state index < -0.39 is 17.3 Å². The van der Waals surface area contributed by atoms with E-state index in [0.29, 0.717) is 25.8 Å². The van der Waals surface area contributed by atoms with Crippen molar-refractivity contribution in [3.63, 3.8) is 0 Å². The molecule has 0 radical (unpaired) electrons. The lowest BCUT2D eigenvalue weighted by atomic mass is 9.97. The molecule has 0 saturated carbocycles. The number of hydrogen-bond acceptors (Lipinski definition) is 4. The molecule has 0 amide bonds. The summed E-state index contributed by atoms with van der Waals surface area (Å²) in [6, 6.07) is 4.04. The third-order valence-electron chi connectivity index (χ3n) is 4.63. The first-order valence-electron chi connectivity index (χ1n) is 9.88. The van der Waals surface area contributed by atoms with E-state index in [-0.39, 0.29) is 12.4 Å². The van der Waals surface area contributed by atoms with Gasteiger partial charge in [0.2, 0.25) is 0 Å². The number of carbonyl (C=O) groups is 1. The molecule has 1 aliphatic heterocycles. The fourth-order valence-corrected chi connectivity index (χ4v) is 3.28. The molecule has 28 heavy (non-hydrogen) atoms. The molecule has 0 aliphatic carbocycles. The van der Waals surface area contributed by atoms with Crippen molar-refractivity contribution in [2.45, 2.75) is 64.8 Å². The van der Waals surface area contributed by atoms with Gasteiger partial charge in [-0.05, 0) is 63.3 Å². The number of piperazine rings is 1. The van der Waals surface area contributed by atoms with Crippen LogP contribution in [0.3, 0.4) is 0 Å². The Balaban J connectivity index is 1.99. The quantitative estimate of drug-likeness (QED) is 0.551. The second-order valence-corrected chi connectivity index (χ2v) is 8.30. The normalized spacial score (nSPS) is 16.2. The van der Waals surface area contributed by atoms with Gasteiger partial charge in [-0.3, -0.25) is 9.69 Å². The maximum Gasteiger partial charge on any atom is 0.416 e. The van der Waals surface area contributed by atoms with E-state index >= 15 is 0 Å². The maximum atomic E-state index is 13.1. The summed E-state index contributed by atoms with van der Waals surface area (Å²) >= 11 is 0. The summed E-state index contributed by atoms with van der Waals surface area (Å²) in [5.41, 5.74) is 0.526. The van der Waals surface area contributed by atoms with Crippen molar-refractivity contribution in [3.05, 3.63) is 34.9 Å². The van der Waals surface area contributed by atoms with Gasteiger partial charge in [-0.2, -0.15) is 13.2 Å². The zero-order chi connectivity index (χ0) is 20.8. The monoisotopic (exact) mass is 400 g/mol. The number of aryl methyl sites for hydroxylation is 1. The second-order valence-electron chi connectivity index (χ2n) is 8.30. The van der Waals surface area contributed by atoms with Gasteiger partial charge in [0.1, 0.15) is 5.60 Å². The number of alkyl halides is 3. The first-order chi connectivity index (χ1) is 13.0. The zero-order valence-electron chi connectivity index (χ0n) is 17.0. The third-order valence-corrected chi connectivity index (χ3v) is 4.63. The van der Waals surface area contributed by atoms with Crippen molar-refractivity contribution in [2.24, 2.45) is 0 Å². The number of esters is 1. The zero-order valence-corrected chi connectivity index (χ0v) is 17.0. The summed E-state index contributed by atoms with van der Waals surface area (Å²) < 4.78 is 44.7. The standard InChI is InChI=1S/C21H31F3N2O2/c1-20(2,3)28-19(27)7-5-4-6-16-14-18(21(22,23)24)9-8-17(16)15-26-12-10-25-11-13-26/h8-9,14,25H,4-7,10-13,15H2,1-3H3. The minimum absolute atomic E-state index is 0.266. The predicted molar refractivity (Wildman–Crippen MR) is 103 cm³/mol. The lowest BCUT2D eigenvalue weighted by molar-refractivity contribution is -0.154. The summed E-state index contributed by atoms with van der Waals surface area (Å²) in [5.74, 6) is -0.266. The molecule has 1 aliphatic rings. The van der Waals surface area contributed by atoms with E-state index in [1.54, 1.807) is 6.07 Å². The Morgan fingerprint density at radius 1 is 1.11 bits per heavy atom. The van der Waals surface area contributed by atoms with Gasteiger partial charge >= 0.3 is 12.1 Å². The highest BCUT2D eigenvalue weighted by Crippen LogP contribution is 2.31. The lowest BCUT2D eigenvalue weighted by Crippen LogP contribution is -2.43. The highest BCUT2D eigenvalue weighted by molar-refractivity contribution is 5.69. The second kappa shape index (κ2) is 9.74. The molecular formula is C21H31F3N2O2. The molecule has 0 bridgehead atoms. The summed E-state index contributed by atoms with van der Waals surface area (Å²) in [6.07, 6.45) is -2.30. The van der Waals surface area contributed by atoms with Crippen molar-refractivity contribution in [2.75, 3.05) is 26.2 Å². The number of unbranched alkanes of at least 4 members (excludes halogenated alkanes) is 1. The topological polar surface area (TPSA) is 41.6 Å². The molecule has 1 heterocycles. The van der Waals surface area contributed by atoms with Crippen molar-refractivity contribution in [1.29, 1.82) is 0 Å². The Hall–Kier alpha value is -1.60. The molecule has 2 rings (SSSR count). The summed E-state index contributed by atoms with van der Waals surface area (Å²) in [4.78, 5) is 14.1. The van der Waals surface area contributed by atoms with Crippen LogP contribution in [0.25, 0.3) is 0 Å². The van der Waals surface area contributed by atoms with Crippen LogP contribution in [0.15, 0.2) is 18.2 Å². The molecule has 1 aromatic rings. The number of rotatable bonds is 7. The smallest absolute Gasteiger partial charge is 0.416 e. The predicted octanol–water partition coefficient (Wildman–Crippen LogP) is 4.17. The van der Waals surface area contributed by atoms with Crippen LogP contribution in [0, 0.1) is 0 Å². The van der Waals surface area contributed by atoms with Crippen LogP contribution >= 0.6 is 0 Å². The third kappa shape index (κ3) is 7.80. The molecule has 158 valence electrons. The minimum Gasteiger partial charge on any atom is -0.460 e. The van der Waals surface area contributed by atoms with Crippen LogP contribution in [0.1, 0.15) is 56.7 Å². The Morgan fingerprint density at radius 3 is 2.39 bits per heavy atom. The molecule has 7 heteroatoms. The van der Waals surface area contributed by atoms with E-state index in [4.69, 9.17) is 4.74 Å². The molecule has 0 spiro atoms. The van der Waals surface area contributed by atoms with Crippen LogP contribution < -0.4 is 5.32 Å². The molecule has 1 fully saturated rings. The van der Waals surface area contributed by atoms with Crippen LogP contribution in [0.2, 0.25) is 0 Å². The Morgan fingerprint density at radius 2 is 1.79 bits per heavy atom. The number of hydrogen-bond donors (Lipinski definition) is 1. The van der Waals surface area contributed by atoms with Gasteiger partial charge in [0.25, 0.3) is 0 Å². The van der Waals surface area contributed by atoms with Crippen LogP contribution in [0.5, 0.6) is 0 Å². The Kier molecular flexibility index (Phi) is 7.89. The summed E-state index contributed by atoms with van der Waals surface area (Å²) in [7, 11) is 0. The van der Waals surface area contributed by atoms with Gasteiger partial charge in [-0.25, -0.2) is 0 Å². The van der Waals surface area contributed by atoms with E-state index in [9.17, 15) is 18.0 Å². The van der Waals surface area contributed by atoms with Gasteiger partial charge in [-0.15, -0.1) is 0 Å². The maximum absolute atomic E-state index is 13.1. The minimum atomic E-state index is -4.35. The van der Waals surface area contributed by atoms with Gasteiger partial charge < -0.3 is 10.1 Å². The fourth-order valence-electron chi connectivity index (χ4n) is 3.28. The number of halogens is 3. The first-order valence-corrected chi connectivity index (χ1v) is 9.88. The van der Waals surface area contributed by atoms with Crippen LogP contribution in [-0.4, -0.2) is 42.6 Å². The molecular weight excluding hydrogens is 369 g/mol. The van der Waals surface area contributed by atoms with Gasteiger partial charge in [0.05, 0.1) is 5.56 Å². The highest BCUT2D eigenvalue weighted by Gasteiger charge is 2.31. The SMILES string of the molecule is CC(C)(C)OC(=O)CCCCc1cc(C(F)(F)F)ccc1CN1CCNCC1. The summed E-state index contributed by atoms with van der Waals surface area (Å²) in [6.45, 7) is 9.67. The largest absolute Gasteiger partial charge is 0.460 e. The lowest BCUT2D eigenvalue weighted by Gasteiger charge is -2.28. The number of ether oxygens (including phenoxy) is 1. The highest BCUT2D eigenvalue weighted by atomic mass is 19.4. The van der Waals surface area contributed by atoms with Crippen molar-refractivity contribution >= 4 is 5.97 Å². The van der Waals surface area contributed by atoms with Crippen LogP contribution in [0.4, 0.5) is 13.2 Å². The molecule has 1 N–H and O–H groups in total. The van der Waals surface area contributed by atoms with Gasteiger partial charge in [-0.1, -0.05) is 6.07 Å². The molecule has 1 aromatic carbocycles. The van der Waals surface area contributed by atoms with E-state index in [1.165, 1.54) is 12.1 Å². The number of nitrogens with zero attached hydrogens (tertiary/aromatic N) is 1. The van der Waals surface area contributed by atoms with E-state index in [0.717, 1.165) is 37.3 Å². The van der Waals surface area contributed by atoms with Gasteiger partial charge in [0.15, 0.2) is 0 Å². The summed E-state index contributed by atoms with van der Waals surface area (Å²) in [5, 5.41) is 3.28. The number of nitrogens with one attached hydrogen (secondary N) is 1. The van der Waals surface area contributed by atoms with E-state index in [2.05, 4.69) is 10.2 Å². The van der Waals surface area contributed by atoms with Crippen molar-refractivity contribution in [1.82, 2.24) is 10.2 Å². The Bertz CT molecular complexity index is 648. The number of benzene rings is 1. The molecule has 1 saturated heterocycles. The Labute approximate surface area is 165 Å². The average Bonchev–Trinajstić information content (AvgIpc) is 2.58. The van der Waals surface area contributed by atoms with Gasteiger partial charge in [0, 0.05) is 39.1 Å². The van der Waals surface area contributed by atoms with Crippen molar-refractivity contribution in [3.8, 4) is 0 Å². The van der Waals surface area contributed by atoms with Crippen molar-refractivity contribution < 1.29 is 22.7 Å². The molecule has 0 aromatic heterocycles. The van der Waals surface area contributed by atoms with E-state index in [1.807, 2.05) is 20.8 Å². The molecule has 0 unspecified atom stereocenters. The average molecular weight is 400 g/mol. The first kappa shape index (κ1) is 22.7. The molecule has 0 atom stereocenters. The van der Waals surface area contributed by atoms with Crippen LogP contribution in [-0.2, 0) is 28.7 Å². The number of carbonyl (C=O) groups excluding carboxylic acids is 1. The molecule has 4 nitrogen and oxygen atoms in total.